The van der Waals surface area contributed by atoms with Crippen molar-refractivity contribution < 1.29 is 83.4 Å². The van der Waals surface area contributed by atoms with Crippen LogP contribution in [0.1, 0.15) is 27.7 Å². The maximum absolute atomic E-state index is 12.6. The fraction of sp³-hybridized carbons (Fsp3) is 0.800. The fourth-order valence-electron chi connectivity index (χ4n) is 1.18. The standard InChI is InChI=1S/C10H18BF3NO4.K/c1-6(11(12,13)14)7(8(16)18-5)15-9(17)19-10(2,3)4;/h6-7H,1-5H3,(H,15,17);/q-1;+1. The van der Waals surface area contributed by atoms with Gasteiger partial charge < -0.3 is 27.7 Å². The predicted octanol–water partition coefficient (Wildman–Crippen LogP) is -0.706. The fourth-order valence-corrected chi connectivity index (χ4v) is 1.18. The van der Waals surface area contributed by atoms with Gasteiger partial charge in [0.2, 0.25) is 0 Å². The topological polar surface area (TPSA) is 64.6 Å². The van der Waals surface area contributed by atoms with Crippen LogP contribution in [0.15, 0.2) is 0 Å². The normalized spacial score (nSPS) is 14.6. The number of rotatable bonds is 4. The Morgan fingerprint density at radius 2 is 1.65 bits per heavy atom. The molecule has 0 rings (SSSR count). The molecule has 0 fully saturated rings. The van der Waals surface area contributed by atoms with Gasteiger partial charge in [0.05, 0.1) is 7.11 Å². The molecule has 5 nitrogen and oxygen atoms in total. The van der Waals surface area contributed by atoms with Gasteiger partial charge in [-0.25, -0.2) is 9.59 Å². The van der Waals surface area contributed by atoms with Crippen LogP contribution in [0.4, 0.5) is 17.7 Å². The second-order valence-electron chi connectivity index (χ2n) is 5.13. The largest absolute Gasteiger partial charge is 1.00 e. The molecule has 0 spiro atoms. The van der Waals surface area contributed by atoms with Gasteiger partial charge in [-0.3, -0.25) is 0 Å². The summed E-state index contributed by atoms with van der Waals surface area (Å²) in [5.41, 5.74) is -0.878. The summed E-state index contributed by atoms with van der Waals surface area (Å²) < 4.78 is 47.0. The number of methoxy groups -OCH3 is 1. The van der Waals surface area contributed by atoms with Crippen LogP contribution in [0, 0.1) is 0 Å². The Bertz CT molecular complexity index is 346. The van der Waals surface area contributed by atoms with Gasteiger partial charge in [-0.2, -0.15) is 0 Å². The van der Waals surface area contributed by atoms with E-state index in [0.29, 0.717) is 0 Å². The van der Waals surface area contributed by atoms with E-state index < -0.39 is 36.5 Å². The summed E-state index contributed by atoms with van der Waals surface area (Å²) in [7, 11) is 0.947. The van der Waals surface area contributed by atoms with Gasteiger partial charge in [0.1, 0.15) is 11.6 Å². The Labute approximate surface area is 158 Å². The summed E-state index contributed by atoms with van der Waals surface area (Å²) in [6, 6.07) is -1.82. The zero-order chi connectivity index (χ0) is 15.4. The molecule has 1 amide bonds. The van der Waals surface area contributed by atoms with Gasteiger partial charge in [0, 0.05) is 0 Å². The van der Waals surface area contributed by atoms with Crippen LogP contribution in [0.25, 0.3) is 0 Å². The third-order valence-corrected chi connectivity index (χ3v) is 2.25. The molecule has 0 bridgehead atoms. The van der Waals surface area contributed by atoms with Gasteiger partial charge in [-0.1, -0.05) is 6.92 Å². The smallest absolute Gasteiger partial charge is 0.468 e. The van der Waals surface area contributed by atoms with Crippen molar-refractivity contribution in [3.8, 4) is 0 Å². The molecule has 0 aliphatic rings. The van der Waals surface area contributed by atoms with Gasteiger partial charge in [0.25, 0.3) is 0 Å². The number of hydrogen-bond acceptors (Lipinski definition) is 4. The summed E-state index contributed by atoms with van der Waals surface area (Å²) in [5, 5.41) is 1.89. The summed E-state index contributed by atoms with van der Waals surface area (Å²) in [6.45, 7) is 0.162. The molecule has 20 heavy (non-hydrogen) atoms. The van der Waals surface area contributed by atoms with Gasteiger partial charge in [-0.15, -0.1) is 0 Å². The molecule has 0 aromatic carbocycles. The number of carbonyl (C=O) groups excluding carboxylic acids is 2. The van der Waals surface area contributed by atoms with Crippen molar-refractivity contribution in [2.24, 2.45) is 0 Å². The van der Waals surface area contributed by atoms with Crippen LogP contribution >= 0.6 is 0 Å². The maximum atomic E-state index is 12.6. The third kappa shape index (κ3) is 8.50. The average molecular weight is 323 g/mol. The molecule has 112 valence electrons. The molecule has 0 aliphatic heterocycles. The van der Waals surface area contributed by atoms with Crippen LogP contribution in [0.2, 0.25) is 5.82 Å². The summed E-state index contributed by atoms with van der Waals surface area (Å²) >= 11 is 0. The quantitative estimate of drug-likeness (QED) is 0.549. The van der Waals surface area contributed by atoms with Gasteiger partial charge in [-0.05, 0) is 26.6 Å². The monoisotopic (exact) mass is 323 g/mol. The first kappa shape index (κ1) is 22.5. The first-order valence-corrected chi connectivity index (χ1v) is 5.65. The molecule has 0 radical (unpaired) electrons. The molecule has 1 N–H and O–H groups in total. The molecule has 2 unspecified atom stereocenters. The van der Waals surface area contributed by atoms with E-state index in [4.69, 9.17) is 4.74 Å². The number of nitrogens with one attached hydrogen (secondary N) is 1. The zero-order valence-corrected chi connectivity index (χ0v) is 15.6. The molecule has 0 aromatic rings. The Morgan fingerprint density at radius 1 is 1.20 bits per heavy atom. The van der Waals surface area contributed by atoms with E-state index >= 15 is 0 Å². The van der Waals surface area contributed by atoms with Crippen LogP contribution in [-0.2, 0) is 14.3 Å². The minimum atomic E-state index is -5.30. The van der Waals surface area contributed by atoms with Crippen molar-refractivity contribution in [3.63, 3.8) is 0 Å². The Hall–Kier alpha value is 0.231. The summed E-state index contributed by atoms with van der Waals surface area (Å²) in [4.78, 5) is 22.7. The first-order valence-electron chi connectivity index (χ1n) is 5.65. The minimum Gasteiger partial charge on any atom is -0.468 e. The molecule has 0 heterocycles. The van der Waals surface area contributed by atoms with Crippen LogP contribution in [-0.4, -0.2) is 37.8 Å². The van der Waals surface area contributed by atoms with E-state index in [0.717, 1.165) is 14.0 Å². The molecule has 0 saturated carbocycles. The minimum absolute atomic E-state index is 0. The van der Waals surface area contributed by atoms with Crippen molar-refractivity contribution in [2.75, 3.05) is 7.11 Å². The second-order valence-corrected chi connectivity index (χ2v) is 5.13. The van der Waals surface area contributed by atoms with Crippen LogP contribution in [0.5, 0.6) is 0 Å². The Morgan fingerprint density at radius 3 is 1.95 bits per heavy atom. The zero-order valence-electron chi connectivity index (χ0n) is 12.5. The molecule has 0 aliphatic carbocycles. The van der Waals surface area contributed by atoms with E-state index in [1.807, 2.05) is 5.32 Å². The second kappa shape index (κ2) is 8.62. The SMILES string of the molecule is COC(=O)C(NC(=O)OC(C)(C)C)C(C)[B-](F)(F)F.[K+]. The van der Waals surface area contributed by atoms with Crippen molar-refractivity contribution in [2.45, 2.75) is 45.2 Å². The first-order chi connectivity index (χ1) is 8.38. The molecule has 10 heteroatoms. The molecule has 2 atom stereocenters. The van der Waals surface area contributed by atoms with E-state index in [9.17, 15) is 22.5 Å². The number of esters is 1. The Balaban J connectivity index is 0. The number of ether oxygens (including phenoxy) is 2. The van der Waals surface area contributed by atoms with Crippen molar-refractivity contribution in [3.05, 3.63) is 0 Å². The number of carbonyl (C=O) groups is 2. The number of halogens is 3. The third-order valence-electron chi connectivity index (χ3n) is 2.25. The van der Waals surface area contributed by atoms with Gasteiger partial charge >= 0.3 is 70.4 Å². The predicted molar refractivity (Wildman–Crippen MR) is 63.7 cm³/mol. The van der Waals surface area contributed by atoms with E-state index in [-0.39, 0.29) is 51.4 Å². The van der Waals surface area contributed by atoms with Crippen molar-refractivity contribution in [1.29, 1.82) is 0 Å². The van der Waals surface area contributed by atoms with Crippen LogP contribution in [0.3, 0.4) is 0 Å². The van der Waals surface area contributed by atoms with E-state index in [1.54, 1.807) is 20.8 Å². The molecular weight excluding hydrogens is 305 g/mol. The molecular formula is C10H18BF3KNO4. The van der Waals surface area contributed by atoms with Crippen molar-refractivity contribution in [1.82, 2.24) is 5.32 Å². The van der Waals surface area contributed by atoms with Crippen molar-refractivity contribution >= 4 is 19.0 Å². The maximum Gasteiger partial charge on any atom is 1.00 e. The summed E-state index contributed by atoms with van der Waals surface area (Å²) in [6.07, 6.45) is -1.10. The summed E-state index contributed by atoms with van der Waals surface area (Å²) in [5.74, 6) is -3.20. The number of amides is 1. The molecule has 0 saturated heterocycles. The van der Waals surface area contributed by atoms with Crippen LogP contribution < -0.4 is 56.7 Å². The van der Waals surface area contributed by atoms with E-state index in [1.165, 1.54) is 0 Å². The molecule has 0 aromatic heterocycles. The van der Waals surface area contributed by atoms with E-state index in [2.05, 4.69) is 4.74 Å². The number of alkyl carbamates (subject to hydrolysis) is 1. The number of hydrogen-bond donors (Lipinski definition) is 1. The Kier molecular flexibility index (Phi) is 9.70. The van der Waals surface area contributed by atoms with Gasteiger partial charge in [0.15, 0.2) is 0 Å². The average Bonchev–Trinajstić information content (AvgIpc) is 2.20.